The van der Waals surface area contributed by atoms with E-state index in [1.807, 2.05) is 12.1 Å². The van der Waals surface area contributed by atoms with Crippen molar-refractivity contribution in [2.75, 3.05) is 31.1 Å². The van der Waals surface area contributed by atoms with E-state index in [4.69, 9.17) is 0 Å². The van der Waals surface area contributed by atoms with E-state index in [0.29, 0.717) is 23.1 Å². The number of anilines is 1. The third-order valence-electron chi connectivity index (χ3n) is 5.07. The number of hydrogen-bond acceptors (Lipinski definition) is 6. The van der Waals surface area contributed by atoms with Gasteiger partial charge in [0.1, 0.15) is 11.9 Å². The van der Waals surface area contributed by atoms with Crippen LogP contribution in [0.2, 0.25) is 0 Å². The van der Waals surface area contributed by atoms with E-state index < -0.39 is 11.9 Å². The molecule has 8 heteroatoms. The summed E-state index contributed by atoms with van der Waals surface area (Å²) >= 11 is 0. The molecule has 0 aliphatic carbocycles. The van der Waals surface area contributed by atoms with Gasteiger partial charge in [-0.2, -0.15) is 0 Å². The van der Waals surface area contributed by atoms with Gasteiger partial charge < -0.3 is 10.2 Å². The van der Waals surface area contributed by atoms with E-state index >= 15 is 0 Å². The Morgan fingerprint density at radius 1 is 1.15 bits per heavy atom. The molecular formula is C18H21N5O3. The van der Waals surface area contributed by atoms with Gasteiger partial charge >= 0.3 is 0 Å². The van der Waals surface area contributed by atoms with Crippen LogP contribution in [0, 0.1) is 6.92 Å². The average Bonchev–Trinajstić information content (AvgIpc) is 2.63. The van der Waals surface area contributed by atoms with Crippen molar-refractivity contribution >= 4 is 28.4 Å². The standard InChI is InChI=1S/C18H21N5O3/c1-11-20-14-10-12(22-8-6-19-7-9-22)2-3-13(14)18(26)23(11)15-4-5-16(24)21-17(15)25/h2-3,10,15,19H,4-9H2,1H3,(H,21,24,25). The van der Waals surface area contributed by atoms with Crippen LogP contribution in [0.5, 0.6) is 0 Å². The summed E-state index contributed by atoms with van der Waals surface area (Å²) in [5, 5.41) is 6.11. The molecule has 2 saturated heterocycles. The molecule has 1 aromatic carbocycles. The highest BCUT2D eigenvalue weighted by atomic mass is 16.2. The molecule has 2 aliphatic heterocycles. The summed E-state index contributed by atoms with van der Waals surface area (Å²) in [5.74, 6) is -0.258. The smallest absolute Gasteiger partial charge is 0.262 e. The molecule has 0 radical (unpaired) electrons. The summed E-state index contributed by atoms with van der Waals surface area (Å²) in [4.78, 5) is 43.4. The maximum atomic E-state index is 13.0. The number of amides is 2. The fraction of sp³-hybridized carbons (Fsp3) is 0.444. The van der Waals surface area contributed by atoms with Crippen LogP contribution in [0.4, 0.5) is 5.69 Å². The fourth-order valence-corrected chi connectivity index (χ4v) is 3.71. The predicted octanol–water partition coefficient (Wildman–Crippen LogP) is 0.0922. The van der Waals surface area contributed by atoms with Crippen molar-refractivity contribution < 1.29 is 9.59 Å². The summed E-state index contributed by atoms with van der Waals surface area (Å²) < 4.78 is 1.41. The van der Waals surface area contributed by atoms with E-state index in [2.05, 4.69) is 20.5 Å². The Hall–Kier alpha value is -2.74. The summed E-state index contributed by atoms with van der Waals surface area (Å²) in [7, 11) is 0. The zero-order valence-electron chi connectivity index (χ0n) is 14.6. The monoisotopic (exact) mass is 355 g/mol. The van der Waals surface area contributed by atoms with Gasteiger partial charge in [-0.05, 0) is 31.5 Å². The van der Waals surface area contributed by atoms with E-state index in [1.54, 1.807) is 13.0 Å². The van der Waals surface area contributed by atoms with E-state index in [1.165, 1.54) is 4.57 Å². The number of rotatable bonds is 2. The van der Waals surface area contributed by atoms with E-state index in [9.17, 15) is 14.4 Å². The first kappa shape index (κ1) is 16.7. The number of piperazine rings is 1. The van der Waals surface area contributed by atoms with Gasteiger partial charge in [-0.15, -0.1) is 0 Å². The third-order valence-corrected chi connectivity index (χ3v) is 5.07. The molecule has 8 nitrogen and oxygen atoms in total. The molecule has 1 unspecified atom stereocenters. The van der Waals surface area contributed by atoms with Gasteiger partial charge in [0.25, 0.3) is 5.56 Å². The van der Waals surface area contributed by atoms with Crippen LogP contribution in [-0.4, -0.2) is 47.5 Å². The van der Waals surface area contributed by atoms with Crippen molar-refractivity contribution in [3.63, 3.8) is 0 Å². The van der Waals surface area contributed by atoms with Gasteiger partial charge in [0.05, 0.1) is 10.9 Å². The van der Waals surface area contributed by atoms with Crippen LogP contribution in [0.25, 0.3) is 10.9 Å². The number of hydrogen-bond donors (Lipinski definition) is 2. The van der Waals surface area contributed by atoms with Crippen LogP contribution in [0.1, 0.15) is 24.7 Å². The van der Waals surface area contributed by atoms with Crippen LogP contribution in [-0.2, 0) is 9.59 Å². The number of aryl methyl sites for hydroxylation is 1. The molecule has 2 N–H and O–H groups in total. The Morgan fingerprint density at radius 2 is 1.92 bits per heavy atom. The summed E-state index contributed by atoms with van der Waals surface area (Å²) in [6, 6.07) is 4.96. The number of carbonyl (C=O) groups is 2. The molecule has 2 aliphatic rings. The molecule has 4 rings (SSSR count). The Bertz CT molecular complexity index is 946. The first-order valence-corrected chi connectivity index (χ1v) is 8.87. The highest BCUT2D eigenvalue weighted by Crippen LogP contribution is 2.23. The van der Waals surface area contributed by atoms with Gasteiger partial charge in [-0.3, -0.25) is 24.3 Å². The minimum absolute atomic E-state index is 0.224. The number of imide groups is 1. The van der Waals surface area contributed by atoms with Crippen molar-refractivity contribution in [2.45, 2.75) is 25.8 Å². The van der Waals surface area contributed by atoms with E-state index in [-0.39, 0.29) is 17.9 Å². The molecule has 136 valence electrons. The SMILES string of the molecule is Cc1nc2cc(N3CCNCC3)ccc2c(=O)n1C1CCC(=O)NC1=O. The lowest BCUT2D eigenvalue weighted by Gasteiger charge is -2.29. The minimum Gasteiger partial charge on any atom is -0.369 e. The lowest BCUT2D eigenvalue weighted by molar-refractivity contribution is -0.135. The highest BCUT2D eigenvalue weighted by Gasteiger charge is 2.30. The maximum absolute atomic E-state index is 13.0. The Morgan fingerprint density at radius 3 is 2.65 bits per heavy atom. The molecule has 1 atom stereocenters. The molecule has 3 heterocycles. The van der Waals surface area contributed by atoms with Crippen molar-refractivity contribution in [2.24, 2.45) is 0 Å². The fourth-order valence-electron chi connectivity index (χ4n) is 3.71. The normalized spacial score (nSPS) is 21.1. The van der Waals surface area contributed by atoms with Crippen molar-refractivity contribution in [3.05, 3.63) is 34.4 Å². The van der Waals surface area contributed by atoms with Gasteiger partial charge in [0, 0.05) is 38.3 Å². The number of nitrogens with zero attached hydrogens (tertiary/aromatic N) is 3. The van der Waals surface area contributed by atoms with Crippen molar-refractivity contribution in [1.82, 2.24) is 20.2 Å². The van der Waals surface area contributed by atoms with Gasteiger partial charge in [-0.25, -0.2) is 4.98 Å². The largest absolute Gasteiger partial charge is 0.369 e. The third kappa shape index (κ3) is 2.86. The Balaban J connectivity index is 1.76. The quantitative estimate of drug-likeness (QED) is 0.742. The van der Waals surface area contributed by atoms with Crippen LogP contribution in [0.15, 0.2) is 23.0 Å². The number of benzene rings is 1. The summed E-state index contributed by atoms with van der Waals surface area (Å²) in [5.41, 5.74) is 1.44. The average molecular weight is 355 g/mol. The molecule has 1 aromatic heterocycles. The molecule has 0 bridgehead atoms. The maximum Gasteiger partial charge on any atom is 0.262 e. The molecule has 2 amide bonds. The van der Waals surface area contributed by atoms with Crippen molar-refractivity contribution in [3.8, 4) is 0 Å². The van der Waals surface area contributed by atoms with Gasteiger partial charge in [-0.1, -0.05) is 0 Å². The Labute approximate surface area is 150 Å². The van der Waals surface area contributed by atoms with Crippen LogP contribution >= 0.6 is 0 Å². The molecule has 2 fully saturated rings. The van der Waals surface area contributed by atoms with Crippen LogP contribution in [0.3, 0.4) is 0 Å². The van der Waals surface area contributed by atoms with Crippen molar-refractivity contribution in [1.29, 1.82) is 0 Å². The van der Waals surface area contributed by atoms with Crippen LogP contribution < -0.4 is 21.1 Å². The summed E-state index contributed by atoms with van der Waals surface area (Å²) in [6.45, 7) is 5.42. The number of piperidine rings is 1. The molecule has 2 aromatic rings. The Kier molecular flexibility index (Phi) is 4.20. The lowest BCUT2D eigenvalue weighted by Crippen LogP contribution is -2.45. The molecule has 0 saturated carbocycles. The van der Waals surface area contributed by atoms with Gasteiger partial charge in [0.2, 0.25) is 11.8 Å². The number of carbonyl (C=O) groups excluding carboxylic acids is 2. The number of fused-ring (bicyclic) bond motifs is 1. The molecule has 26 heavy (non-hydrogen) atoms. The zero-order chi connectivity index (χ0) is 18.3. The summed E-state index contributed by atoms with van der Waals surface area (Å²) in [6.07, 6.45) is 0.541. The molecule has 0 spiro atoms. The topological polar surface area (TPSA) is 96.3 Å². The second kappa shape index (κ2) is 6.53. The number of nitrogens with one attached hydrogen (secondary N) is 2. The lowest BCUT2D eigenvalue weighted by atomic mass is 10.1. The zero-order valence-corrected chi connectivity index (χ0v) is 14.6. The first-order chi connectivity index (χ1) is 12.5. The predicted molar refractivity (Wildman–Crippen MR) is 97.2 cm³/mol. The second-order valence-electron chi connectivity index (χ2n) is 6.74. The number of aromatic nitrogens is 2. The minimum atomic E-state index is -0.690. The van der Waals surface area contributed by atoms with E-state index in [0.717, 1.165) is 31.9 Å². The van der Waals surface area contributed by atoms with Gasteiger partial charge in [0.15, 0.2) is 0 Å². The first-order valence-electron chi connectivity index (χ1n) is 8.87. The highest BCUT2D eigenvalue weighted by molar-refractivity contribution is 5.99. The molecular weight excluding hydrogens is 334 g/mol. The second-order valence-corrected chi connectivity index (χ2v) is 6.74.